The minimum atomic E-state index is -4.89. The molecule has 16 heteroatoms. The molecule has 0 unspecified atom stereocenters. The van der Waals surface area contributed by atoms with Crippen molar-refractivity contribution in [3.8, 4) is 5.69 Å². The van der Waals surface area contributed by atoms with Gasteiger partial charge in [0.25, 0.3) is 5.91 Å². The highest BCUT2D eigenvalue weighted by atomic mass is 32.2. The van der Waals surface area contributed by atoms with Crippen LogP contribution in [0.5, 0.6) is 0 Å². The van der Waals surface area contributed by atoms with Crippen molar-refractivity contribution in [2.75, 3.05) is 18.5 Å². The van der Waals surface area contributed by atoms with E-state index < -0.39 is 40.2 Å². The van der Waals surface area contributed by atoms with Crippen molar-refractivity contribution in [1.82, 2.24) is 24.2 Å². The summed E-state index contributed by atoms with van der Waals surface area (Å²) in [4.78, 5) is 18.4. The van der Waals surface area contributed by atoms with E-state index in [1.165, 1.54) is 51.2 Å². The van der Waals surface area contributed by atoms with E-state index in [0.29, 0.717) is 5.89 Å². The predicted molar refractivity (Wildman–Crippen MR) is 147 cm³/mol. The molecule has 0 saturated carbocycles. The fourth-order valence-electron chi connectivity index (χ4n) is 5.40. The van der Waals surface area contributed by atoms with Gasteiger partial charge in [-0.3, -0.25) is 4.79 Å². The second-order valence-electron chi connectivity index (χ2n) is 10.3. The molecular weight excluding hydrogens is 608 g/mol. The Bertz CT molecular complexity index is 2040. The molecule has 0 radical (unpaired) electrons. The van der Waals surface area contributed by atoms with E-state index in [1.54, 1.807) is 6.92 Å². The summed E-state index contributed by atoms with van der Waals surface area (Å²) in [7, 11) is -2.87. The molecule has 4 heterocycles. The largest absolute Gasteiger partial charge is 0.441 e. The zero-order chi connectivity index (χ0) is 31.7. The molecule has 44 heavy (non-hydrogen) atoms. The number of nitrogens with zero attached hydrogens (tertiary/aromatic N) is 6. The quantitative estimate of drug-likeness (QED) is 0.245. The van der Waals surface area contributed by atoms with Gasteiger partial charge in [0.1, 0.15) is 21.9 Å². The fourth-order valence-corrected chi connectivity index (χ4v) is 7.10. The van der Waals surface area contributed by atoms with Gasteiger partial charge in [-0.1, -0.05) is 11.2 Å². The smallest absolute Gasteiger partial charge is 0.435 e. The van der Waals surface area contributed by atoms with Crippen LogP contribution in [-0.2, 0) is 29.2 Å². The lowest BCUT2D eigenvalue weighted by Crippen LogP contribution is -2.37. The average molecular weight is 633 g/mol. The Morgan fingerprint density at radius 1 is 1.11 bits per heavy atom. The first kappa shape index (κ1) is 29.5. The topological polar surface area (TPSA) is 128 Å². The van der Waals surface area contributed by atoms with E-state index in [0.717, 1.165) is 20.0 Å². The van der Waals surface area contributed by atoms with Gasteiger partial charge in [-0.2, -0.15) is 22.6 Å². The second-order valence-corrected chi connectivity index (χ2v) is 12.2. The van der Waals surface area contributed by atoms with Crippen LogP contribution < -0.4 is 4.90 Å². The molecule has 2 aromatic carbocycles. The molecule has 1 amide bonds. The Kier molecular flexibility index (Phi) is 6.88. The highest BCUT2D eigenvalue weighted by Gasteiger charge is 2.43. The van der Waals surface area contributed by atoms with Crippen molar-refractivity contribution in [3.05, 3.63) is 82.1 Å². The number of oxazole rings is 1. The number of fused-ring (bicyclic) bond motifs is 2. The Morgan fingerprint density at radius 2 is 1.86 bits per heavy atom. The minimum absolute atomic E-state index is 0.0298. The predicted octanol–water partition coefficient (Wildman–Crippen LogP) is 5.11. The minimum Gasteiger partial charge on any atom is -0.441 e. The number of aryl methyl sites for hydroxylation is 3. The molecule has 3 aromatic heterocycles. The number of carbonyl (C=O) groups excluding carboxylic acids is 1. The van der Waals surface area contributed by atoms with Crippen molar-refractivity contribution in [2.45, 2.75) is 44.8 Å². The maximum Gasteiger partial charge on any atom is 0.435 e. The number of amides is 1. The number of halogens is 4. The lowest BCUT2D eigenvalue weighted by Gasteiger charge is -2.27. The number of carbonyl (C=O) groups is 1. The summed E-state index contributed by atoms with van der Waals surface area (Å²) in [6.45, 7) is 3.74. The van der Waals surface area contributed by atoms with Gasteiger partial charge in [0.15, 0.2) is 22.9 Å². The summed E-state index contributed by atoms with van der Waals surface area (Å²) in [6, 6.07) is 8.21. The Morgan fingerprint density at radius 3 is 2.55 bits per heavy atom. The standard InChI is InChI=1S/C28H24F4N6O5S/c1-14-25(15(2)43-35-14)44(40,41)37-9-8-22-19(13-37)26(28(30,31)32)34-38(22)18-7-5-6-17(10-18)27(39)36(4)23-12-24-21(11-20(23)29)33-16(3)42-24/h5-7,10-12H,8-9,13H2,1-4H3. The maximum absolute atomic E-state index is 14.9. The van der Waals surface area contributed by atoms with E-state index in [2.05, 4.69) is 15.2 Å². The molecule has 0 fully saturated rings. The number of sulfonamides is 1. The van der Waals surface area contributed by atoms with Crippen molar-refractivity contribution in [1.29, 1.82) is 0 Å². The van der Waals surface area contributed by atoms with Crippen molar-refractivity contribution >= 4 is 32.7 Å². The molecule has 11 nitrogen and oxygen atoms in total. The van der Waals surface area contributed by atoms with Gasteiger partial charge >= 0.3 is 6.18 Å². The third kappa shape index (κ3) is 4.83. The monoisotopic (exact) mass is 632 g/mol. The van der Waals surface area contributed by atoms with Crippen molar-refractivity contribution < 1.29 is 39.7 Å². The van der Waals surface area contributed by atoms with Gasteiger partial charge in [0.05, 0.1) is 17.1 Å². The fraction of sp³-hybridized carbons (Fsp3) is 0.286. The highest BCUT2D eigenvalue weighted by molar-refractivity contribution is 7.89. The van der Waals surface area contributed by atoms with Gasteiger partial charge in [-0.05, 0) is 32.0 Å². The van der Waals surface area contributed by atoms with E-state index >= 15 is 0 Å². The lowest BCUT2D eigenvalue weighted by atomic mass is 10.1. The Balaban J connectivity index is 1.36. The van der Waals surface area contributed by atoms with Crippen LogP contribution in [0.25, 0.3) is 16.8 Å². The summed E-state index contributed by atoms with van der Waals surface area (Å²) in [5, 5.41) is 7.50. The first-order chi connectivity index (χ1) is 20.7. The molecule has 0 spiro atoms. The van der Waals surface area contributed by atoms with E-state index in [-0.39, 0.29) is 68.6 Å². The number of rotatable bonds is 5. The van der Waals surface area contributed by atoms with Gasteiger partial charge in [-0.25, -0.2) is 22.5 Å². The summed E-state index contributed by atoms with van der Waals surface area (Å²) in [6.07, 6.45) is -4.99. The summed E-state index contributed by atoms with van der Waals surface area (Å²) >= 11 is 0. The zero-order valence-electron chi connectivity index (χ0n) is 23.7. The lowest BCUT2D eigenvalue weighted by molar-refractivity contribution is -0.142. The van der Waals surface area contributed by atoms with Crippen LogP contribution >= 0.6 is 0 Å². The first-order valence-corrected chi connectivity index (χ1v) is 14.7. The van der Waals surface area contributed by atoms with Gasteiger partial charge < -0.3 is 13.8 Å². The number of anilines is 1. The first-order valence-electron chi connectivity index (χ1n) is 13.2. The van der Waals surface area contributed by atoms with Crippen LogP contribution in [0.4, 0.5) is 23.2 Å². The highest BCUT2D eigenvalue weighted by Crippen LogP contribution is 2.38. The van der Waals surface area contributed by atoms with E-state index in [9.17, 15) is 30.8 Å². The van der Waals surface area contributed by atoms with E-state index in [1.807, 2.05) is 0 Å². The molecule has 1 aliphatic rings. The van der Waals surface area contributed by atoms with Gasteiger partial charge in [0.2, 0.25) is 10.0 Å². The number of benzene rings is 2. The Hall–Kier alpha value is -4.57. The van der Waals surface area contributed by atoms with Crippen LogP contribution in [-0.4, -0.2) is 52.1 Å². The third-order valence-electron chi connectivity index (χ3n) is 7.42. The van der Waals surface area contributed by atoms with Crippen LogP contribution in [0.15, 0.2) is 50.2 Å². The molecule has 6 rings (SSSR count). The third-order valence-corrected chi connectivity index (χ3v) is 9.51. The molecular formula is C28H24F4N6O5S. The number of hydrogen-bond acceptors (Lipinski definition) is 8. The zero-order valence-corrected chi connectivity index (χ0v) is 24.5. The number of alkyl halides is 3. The molecule has 0 aliphatic carbocycles. The van der Waals surface area contributed by atoms with Crippen molar-refractivity contribution in [2.24, 2.45) is 0 Å². The summed E-state index contributed by atoms with van der Waals surface area (Å²) in [5.41, 5.74) is -0.619. The van der Waals surface area contributed by atoms with Gasteiger partial charge in [-0.15, -0.1) is 0 Å². The van der Waals surface area contributed by atoms with E-state index in [4.69, 9.17) is 8.94 Å². The molecule has 230 valence electrons. The van der Waals surface area contributed by atoms with Crippen LogP contribution in [0.3, 0.4) is 0 Å². The number of aromatic nitrogens is 4. The Labute approximate surface area is 247 Å². The normalized spacial score (nSPS) is 14.3. The van der Waals surface area contributed by atoms with Gasteiger partial charge in [0, 0.05) is 56.7 Å². The van der Waals surface area contributed by atoms with Crippen LogP contribution in [0.1, 0.15) is 44.7 Å². The van der Waals surface area contributed by atoms with Crippen LogP contribution in [0, 0.1) is 26.6 Å². The average Bonchev–Trinajstić information content (AvgIpc) is 3.64. The molecule has 0 saturated heterocycles. The summed E-state index contributed by atoms with van der Waals surface area (Å²) in [5.74, 6) is -1.01. The molecule has 1 aliphatic heterocycles. The van der Waals surface area contributed by atoms with Crippen molar-refractivity contribution in [3.63, 3.8) is 0 Å². The molecule has 5 aromatic rings. The maximum atomic E-state index is 14.9. The van der Waals surface area contributed by atoms with Crippen LogP contribution in [0.2, 0.25) is 0 Å². The molecule has 0 N–H and O–H groups in total. The molecule has 0 atom stereocenters. The second kappa shape index (κ2) is 10.3. The SMILES string of the molecule is Cc1nc2cc(F)c(N(C)C(=O)c3cccc(-n4nc(C(F)(F)F)c5c4CCN(S(=O)(=O)c4c(C)noc4C)C5)c3)cc2o1. The summed E-state index contributed by atoms with van der Waals surface area (Å²) < 4.78 is 96.7. The number of hydrogen-bond donors (Lipinski definition) is 0. The molecule has 0 bridgehead atoms.